The first-order valence-corrected chi connectivity index (χ1v) is 9.75. The molecule has 1 atom stereocenters. The van der Waals surface area contributed by atoms with Crippen molar-refractivity contribution in [1.29, 1.82) is 0 Å². The lowest BCUT2D eigenvalue weighted by molar-refractivity contribution is -0.121. The molecule has 0 aliphatic heterocycles. The number of hydrogen-bond donors (Lipinski definition) is 1. The van der Waals surface area contributed by atoms with Crippen molar-refractivity contribution in [3.8, 4) is 5.75 Å². The number of aromatic nitrogens is 2. The molecular formula is C19H23F2N3O2S. The lowest BCUT2D eigenvalue weighted by Gasteiger charge is -2.16. The number of alkyl halides is 2. The van der Waals surface area contributed by atoms with Crippen LogP contribution >= 0.6 is 11.8 Å². The molecule has 0 aliphatic rings. The first kappa shape index (κ1) is 21.1. The second kappa shape index (κ2) is 9.64. The average molecular weight is 395 g/mol. The maximum atomic E-state index is 12.3. The number of hydrogen-bond acceptors (Lipinski definition) is 5. The number of rotatable bonds is 8. The van der Waals surface area contributed by atoms with E-state index in [2.05, 4.69) is 20.0 Å². The summed E-state index contributed by atoms with van der Waals surface area (Å²) < 4.78 is 29.1. The monoisotopic (exact) mass is 395 g/mol. The quantitative estimate of drug-likeness (QED) is 0.535. The highest BCUT2D eigenvalue weighted by Crippen LogP contribution is 2.21. The molecule has 146 valence electrons. The van der Waals surface area contributed by atoms with E-state index < -0.39 is 6.61 Å². The minimum Gasteiger partial charge on any atom is -0.435 e. The smallest absolute Gasteiger partial charge is 0.387 e. The van der Waals surface area contributed by atoms with Gasteiger partial charge in [0, 0.05) is 17.8 Å². The Labute approximate surface area is 161 Å². The van der Waals surface area contributed by atoms with Crippen molar-refractivity contribution in [2.45, 2.75) is 51.4 Å². The van der Waals surface area contributed by atoms with Gasteiger partial charge in [0.05, 0.1) is 6.04 Å². The van der Waals surface area contributed by atoms with Crippen LogP contribution in [0.25, 0.3) is 0 Å². The van der Waals surface area contributed by atoms with E-state index in [1.807, 2.05) is 20.1 Å². The van der Waals surface area contributed by atoms with Gasteiger partial charge < -0.3 is 10.1 Å². The second-order valence-corrected chi connectivity index (χ2v) is 6.87. The summed E-state index contributed by atoms with van der Waals surface area (Å²) in [4.78, 5) is 21.1. The molecule has 0 spiro atoms. The summed E-state index contributed by atoms with van der Waals surface area (Å²) in [5, 5.41) is 3.60. The molecule has 0 bridgehead atoms. The fourth-order valence-electron chi connectivity index (χ4n) is 2.76. The van der Waals surface area contributed by atoms with Crippen LogP contribution in [0.4, 0.5) is 8.78 Å². The van der Waals surface area contributed by atoms with Crippen molar-refractivity contribution >= 4 is 17.7 Å². The highest BCUT2D eigenvalue weighted by atomic mass is 32.2. The minimum absolute atomic E-state index is 0.0703. The SMILES string of the molecule is CSc1nc(C)c(CCC(=O)NC(C)c2cccc(OC(F)F)c2)c(C)n1. The average Bonchev–Trinajstić information content (AvgIpc) is 2.60. The molecule has 8 heteroatoms. The number of carbonyl (C=O) groups excluding carboxylic acids is 1. The Morgan fingerprint density at radius 1 is 1.26 bits per heavy atom. The number of halogens is 2. The van der Waals surface area contributed by atoms with Crippen molar-refractivity contribution in [3.05, 3.63) is 46.8 Å². The lowest BCUT2D eigenvalue weighted by atomic mass is 10.1. The lowest BCUT2D eigenvalue weighted by Crippen LogP contribution is -2.27. The maximum absolute atomic E-state index is 12.3. The van der Waals surface area contributed by atoms with Crippen molar-refractivity contribution in [3.63, 3.8) is 0 Å². The highest BCUT2D eigenvalue weighted by molar-refractivity contribution is 7.98. The van der Waals surface area contributed by atoms with Crippen molar-refractivity contribution < 1.29 is 18.3 Å². The van der Waals surface area contributed by atoms with Crippen LogP contribution in [0.1, 0.15) is 41.9 Å². The van der Waals surface area contributed by atoms with Gasteiger partial charge in [-0.3, -0.25) is 4.79 Å². The van der Waals surface area contributed by atoms with Gasteiger partial charge in [-0.05, 0) is 56.7 Å². The Balaban J connectivity index is 1.96. The van der Waals surface area contributed by atoms with Crippen molar-refractivity contribution in [2.24, 2.45) is 0 Å². The standard InChI is InChI=1S/C19H23F2N3O2S/c1-11(14-6-5-7-15(10-14)26-18(20)21)22-17(25)9-8-16-12(2)23-19(27-4)24-13(16)3/h5-7,10-11,18H,8-9H2,1-4H3,(H,22,25). The predicted molar refractivity (Wildman–Crippen MR) is 101 cm³/mol. The summed E-state index contributed by atoms with van der Waals surface area (Å²) >= 11 is 1.48. The number of carbonyl (C=O) groups is 1. The van der Waals surface area contributed by atoms with E-state index in [0.717, 1.165) is 22.1 Å². The van der Waals surface area contributed by atoms with Gasteiger partial charge in [0.15, 0.2) is 5.16 Å². The Kier molecular flexibility index (Phi) is 7.53. The second-order valence-electron chi connectivity index (χ2n) is 6.10. The zero-order chi connectivity index (χ0) is 20.0. The summed E-state index contributed by atoms with van der Waals surface area (Å²) in [7, 11) is 0. The van der Waals surface area contributed by atoms with Crippen LogP contribution in [-0.4, -0.2) is 28.7 Å². The molecule has 2 aromatic rings. The molecular weight excluding hydrogens is 372 g/mol. The van der Waals surface area contributed by atoms with Gasteiger partial charge >= 0.3 is 6.61 Å². The van der Waals surface area contributed by atoms with Gasteiger partial charge in [-0.25, -0.2) is 9.97 Å². The Hall–Kier alpha value is -2.22. The fraction of sp³-hybridized carbons (Fsp3) is 0.421. The van der Waals surface area contributed by atoms with Crippen LogP contribution in [0.5, 0.6) is 5.75 Å². The fourth-order valence-corrected chi connectivity index (χ4v) is 3.21. The molecule has 0 radical (unpaired) electrons. The largest absolute Gasteiger partial charge is 0.435 e. The molecule has 1 heterocycles. The Morgan fingerprint density at radius 2 is 1.93 bits per heavy atom. The van der Waals surface area contributed by atoms with Gasteiger partial charge in [0.25, 0.3) is 0 Å². The van der Waals surface area contributed by atoms with Crippen LogP contribution in [-0.2, 0) is 11.2 Å². The number of ether oxygens (including phenoxy) is 1. The van der Waals surface area contributed by atoms with E-state index in [-0.39, 0.29) is 17.7 Å². The van der Waals surface area contributed by atoms with Crippen LogP contribution < -0.4 is 10.1 Å². The van der Waals surface area contributed by atoms with E-state index in [1.54, 1.807) is 19.1 Å². The van der Waals surface area contributed by atoms with Gasteiger partial charge in [0.2, 0.25) is 5.91 Å². The van der Waals surface area contributed by atoms with Crippen LogP contribution in [0, 0.1) is 13.8 Å². The molecule has 1 N–H and O–H groups in total. The summed E-state index contributed by atoms with van der Waals surface area (Å²) in [6.45, 7) is 2.75. The number of amides is 1. The normalized spacial score (nSPS) is 12.1. The van der Waals surface area contributed by atoms with E-state index in [4.69, 9.17) is 0 Å². The molecule has 27 heavy (non-hydrogen) atoms. The van der Waals surface area contributed by atoms with Crippen LogP contribution in [0.3, 0.4) is 0 Å². The molecule has 0 fully saturated rings. The number of nitrogens with one attached hydrogen (secondary N) is 1. The van der Waals surface area contributed by atoms with Crippen LogP contribution in [0.15, 0.2) is 29.4 Å². The van der Waals surface area contributed by atoms with Gasteiger partial charge in [-0.15, -0.1) is 0 Å². The van der Waals surface area contributed by atoms with Gasteiger partial charge in [-0.2, -0.15) is 8.78 Å². The molecule has 1 unspecified atom stereocenters. The minimum atomic E-state index is -2.88. The number of aryl methyl sites for hydroxylation is 2. The number of thioether (sulfide) groups is 1. The molecule has 0 saturated heterocycles. The van der Waals surface area contributed by atoms with Crippen molar-refractivity contribution in [1.82, 2.24) is 15.3 Å². The Morgan fingerprint density at radius 3 is 2.52 bits per heavy atom. The van der Waals surface area contributed by atoms with E-state index in [9.17, 15) is 13.6 Å². The zero-order valence-corrected chi connectivity index (χ0v) is 16.6. The summed E-state index contributed by atoms with van der Waals surface area (Å²) in [5.41, 5.74) is 3.43. The zero-order valence-electron chi connectivity index (χ0n) is 15.8. The maximum Gasteiger partial charge on any atom is 0.387 e. The molecule has 1 aromatic heterocycles. The predicted octanol–water partition coefficient (Wildman–Crippen LogP) is 4.23. The third-order valence-electron chi connectivity index (χ3n) is 4.15. The summed E-state index contributed by atoms with van der Waals surface area (Å²) in [6, 6.07) is 6.00. The summed E-state index contributed by atoms with van der Waals surface area (Å²) in [5.74, 6) is -0.0590. The summed E-state index contributed by atoms with van der Waals surface area (Å²) in [6.07, 6.45) is 2.75. The van der Waals surface area contributed by atoms with E-state index >= 15 is 0 Å². The van der Waals surface area contributed by atoms with E-state index in [0.29, 0.717) is 18.4 Å². The molecule has 1 aromatic carbocycles. The topological polar surface area (TPSA) is 64.1 Å². The first-order chi connectivity index (χ1) is 12.8. The van der Waals surface area contributed by atoms with Gasteiger partial charge in [-0.1, -0.05) is 23.9 Å². The molecule has 1 amide bonds. The first-order valence-electron chi connectivity index (χ1n) is 8.52. The Bertz CT molecular complexity index is 779. The number of nitrogens with zero attached hydrogens (tertiary/aromatic N) is 2. The number of benzene rings is 1. The van der Waals surface area contributed by atoms with Crippen molar-refractivity contribution in [2.75, 3.05) is 6.26 Å². The molecule has 5 nitrogen and oxygen atoms in total. The third-order valence-corrected chi connectivity index (χ3v) is 4.69. The highest BCUT2D eigenvalue weighted by Gasteiger charge is 2.14. The third kappa shape index (κ3) is 6.16. The molecule has 0 aliphatic carbocycles. The van der Waals surface area contributed by atoms with Gasteiger partial charge in [0.1, 0.15) is 5.75 Å². The molecule has 2 rings (SSSR count). The molecule has 0 saturated carbocycles. The van der Waals surface area contributed by atoms with E-state index in [1.165, 1.54) is 23.9 Å². The van der Waals surface area contributed by atoms with Crippen LogP contribution in [0.2, 0.25) is 0 Å².